The topological polar surface area (TPSA) is 55.4 Å². The summed E-state index contributed by atoms with van der Waals surface area (Å²) in [6, 6.07) is 25.0. The third-order valence-electron chi connectivity index (χ3n) is 7.15. The molecule has 0 fully saturated rings. The van der Waals surface area contributed by atoms with Crippen LogP contribution in [-0.2, 0) is 5.41 Å². The van der Waals surface area contributed by atoms with E-state index >= 15 is 0 Å². The average Bonchev–Trinajstić information content (AvgIpc) is 3.26. The summed E-state index contributed by atoms with van der Waals surface area (Å²) < 4.78 is 34.5. The molecule has 190 valence electrons. The summed E-state index contributed by atoms with van der Waals surface area (Å²) in [4.78, 5) is 0. The fraction of sp³-hybridized carbons (Fsp3) is 0.226. The van der Waals surface area contributed by atoms with Gasteiger partial charge in [0.05, 0.1) is 48.1 Å². The van der Waals surface area contributed by atoms with E-state index in [1.165, 1.54) is 0 Å². The minimum Gasteiger partial charge on any atom is -0.493 e. The van der Waals surface area contributed by atoms with Crippen molar-refractivity contribution in [3.05, 3.63) is 95.1 Å². The summed E-state index contributed by atoms with van der Waals surface area (Å²) in [6.45, 7) is 0. The van der Waals surface area contributed by atoms with Gasteiger partial charge in [-0.2, -0.15) is 0 Å². The van der Waals surface area contributed by atoms with Crippen LogP contribution in [0.2, 0.25) is 0 Å². The van der Waals surface area contributed by atoms with E-state index in [4.69, 9.17) is 28.4 Å². The van der Waals surface area contributed by atoms with Gasteiger partial charge in [-0.1, -0.05) is 48.5 Å². The van der Waals surface area contributed by atoms with Crippen LogP contribution >= 0.6 is 0 Å². The van der Waals surface area contributed by atoms with E-state index in [0.29, 0.717) is 34.5 Å². The van der Waals surface area contributed by atoms with E-state index in [-0.39, 0.29) is 0 Å². The number of rotatable bonds is 8. The zero-order valence-corrected chi connectivity index (χ0v) is 21.9. The minimum absolute atomic E-state index is 0.536. The fourth-order valence-corrected chi connectivity index (χ4v) is 5.62. The molecule has 0 unspecified atom stereocenters. The lowest BCUT2D eigenvalue weighted by atomic mass is 9.67. The van der Waals surface area contributed by atoms with Gasteiger partial charge >= 0.3 is 0 Å². The lowest BCUT2D eigenvalue weighted by Crippen LogP contribution is -2.29. The standard InChI is InChI=1S/C31H30O6/c1-32-25-15-19(16-26(33-2)29(25)36-5)31(20-17-27(34-3)30(37-6)28(18-20)35-4)23-13-9-7-11-21(23)22-12-8-10-14-24(22)31/h7-18H,1-6H3. The number of methoxy groups -OCH3 is 6. The molecule has 0 radical (unpaired) electrons. The van der Waals surface area contributed by atoms with Gasteiger partial charge in [-0.05, 0) is 57.6 Å². The van der Waals surface area contributed by atoms with Crippen LogP contribution < -0.4 is 28.4 Å². The second-order valence-corrected chi connectivity index (χ2v) is 8.67. The summed E-state index contributed by atoms with van der Waals surface area (Å²) in [6.07, 6.45) is 0. The molecule has 0 aromatic heterocycles. The van der Waals surface area contributed by atoms with Gasteiger partial charge in [0.25, 0.3) is 0 Å². The molecule has 0 aliphatic heterocycles. The van der Waals surface area contributed by atoms with Crippen molar-refractivity contribution in [1.29, 1.82) is 0 Å². The molecule has 1 aliphatic rings. The van der Waals surface area contributed by atoms with Gasteiger partial charge in [-0.3, -0.25) is 0 Å². The molecule has 1 aliphatic carbocycles. The Morgan fingerprint density at radius 3 is 1.05 bits per heavy atom. The molecule has 37 heavy (non-hydrogen) atoms. The first-order valence-electron chi connectivity index (χ1n) is 11.9. The summed E-state index contributed by atoms with van der Waals surface area (Å²) >= 11 is 0. The third kappa shape index (κ3) is 3.47. The van der Waals surface area contributed by atoms with Crippen LogP contribution in [-0.4, -0.2) is 42.7 Å². The number of hydrogen-bond donors (Lipinski definition) is 0. The van der Waals surface area contributed by atoms with Gasteiger partial charge in [0.1, 0.15) is 0 Å². The minimum atomic E-state index is -0.743. The molecule has 0 atom stereocenters. The molecule has 4 aromatic carbocycles. The quantitative estimate of drug-likeness (QED) is 0.258. The molecule has 0 N–H and O–H groups in total. The Hall–Kier alpha value is -4.32. The maximum Gasteiger partial charge on any atom is 0.203 e. The van der Waals surface area contributed by atoms with E-state index in [2.05, 4.69) is 48.5 Å². The van der Waals surface area contributed by atoms with Gasteiger partial charge in [-0.25, -0.2) is 0 Å². The largest absolute Gasteiger partial charge is 0.493 e. The molecule has 0 saturated heterocycles. The number of hydrogen-bond acceptors (Lipinski definition) is 6. The Morgan fingerprint density at radius 2 is 0.757 bits per heavy atom. The second-order valence-electron chi connectivity index (χ2n) is 8.67. The molecule has 4 aromatic rings. The third-order valence-corrected chi connectivity index (χ3v) is 7.15. The van der Waals surface area contributed by atoms with Crippen molar-refractivity contribution < 1.29 is 28.4 Å². The highest BCUT2D eigenvalue weighted by atomic mass is 16.5. The number of benzene rings is 4. The van der Waals surface area contributed by atoms with Crippen LogP contribution in [0.4, 0.5) is 0 Å². The van der Waals surface area contributed by atoms with Gasteiger partial charge in [0.15, 0.2) is 23.0 Å². The molecule has 0 bridgehead atoms. The molecular formula is C31H30O6. The predicted octanol–water partition coefficient (Wildman–Crippen LogP) is 6.10. The lowest BCUT2D eigenvalue weighted by Gasteiger charge is -2.35. The highest BCUT2D eigenvalue weighted by molar-refractivity contribution is 5.87. The van der Waals surface area contributed by atoms with Crippen molar-refractivity contribution in [2.24, 2.45) is 0 Å². The predicted molar refractivity (Wildman–Crippen MR) is 143 cm³/mol. The molecule has 0 spiro atoms. The monoisotopic (exact) mass is 498 g/mol. The van der Waals surface area contributed by atoms with Crippen molar-refractivity contribution >= 4 is 0 Å². The van der Waals surface area contributed by atoms with Crippen molar-refractivity contribution in [1.82, 2.24) is 0 Å². The van der Waals surface area contributed by atoms with Gasteiger partial charge in [-0.15, -0.1) is 0 Å². The highest BCUT2D eigenvalue weighted by Crippen LogP contribution is 2.59. The summed E-state index contributed by atoms with van der Waals surface area (Å²) in [5.41, 5.74) is 5.72. The Bertz CT molecular complexity index is 1300. The van der Waals surface area contributed by atoms with Crippen molar-refractivity contribution in [3.63, 3.8) is 0 Å². The number of ether oxygens (including phenoxy) is 6. The van der Waals surface area contributed by atoms with Crippen molar-refractivity contribution in [2.75, 3.05) is 42.7 Å². The lowest BCUT2D eigenvalue weighted by molar-refractivity contribution is 0.322. The van der Waals surface area contributed by atoms with Crippen molar-refractivity contribution in [2.45, 2.75) is 5.41 Å². The molecule has 6 nitrogen and oxygen atoms in total. The summed E-state index contributed by atoms with van der Waals surface area (Å²) in [7, 11) is 9.73. The van der Waals surface area contributed by atoms with Crippen LogP contribution in [0.3, 0.4) is 0 Å². The Kier molecular flexibility index (Phi) is 6.34. The van der Waals surface area contributed by atoms with Crippen LogP contribution in [0.1, 0.15) is 22.3 Å². The molecular weight excluding hydrogens is 468 g/mol. The van der Waals surface area contributed by atoms with Crippen LogP contribution in [0.15, 0.2) is 72.8 Å². The summed E-state index contributed by atoms with van der Waals surface area (Å²) in [5.74, 6) is 3.37. The van der Waals surface area contributed by atoms with Crippen LogP contribution in [0.25, 0.3) is 11.1 Å². The van der Waals surface area contributed by atoms with E-state index in [1.54, 1.807) is 42.7 Å². The maximum atomic E-state index is 5.79. The van der Waals surface area contributed by atoms with Crippen LogP contribution in [0, 0.1) is 0 Å². The fourth-order valence-electron chi connectivity index (χ4n) is 5.62. The van der Waals surface area contributed by atoms with E-state index in [1.807, 2.05) is 24.3 Å². The average molecular weight is 499 g/mol. The van der Waals surface area contributed by atoms with Gasteiger partial charge in [0, 0.05) is 0 Å². The first kappa shape index (κ1) is 24.4. The molecule has 0 saturated carbocycles. The first-order valence-corrected chi connectivity index (χ1v) is 11.9. The zero-order chi connectivity index (χ0) is 26.2. The molecule has 6 heteroatoms. The van der Waals surface area contributed by atoms with Crippen molar-refractivity contribution in [3.8, 4) is 45.6 Å². The van der Waals surface area contributed by atoms with E-state index in [0.717, 1.165) is 33.4 Å². The Labute approximate surface area is 217 Å². The second kappa shape index (κ2) is 9.62. The smallest absolute Gasteiger partial charge is 0.203 e. The zero-order valence-electron chi connectivity index (χ0n) is 21.9. The van der Waals surface area contributed by atoms with E-state index < -0.39 is 5.41 Å². The highest BCUT2D eigenvalue weighted by Gasteiger charge is 2.47. The first-order chi connectivity index (χ1) is 18.1. The number of fused-ring (bicyclic) bond motifs is 3. The normalized spacial score (nSPS) is 12.8. The Balaban J connectivity index is 1.98. The molecule has 0 heterocycles. The Morgan fingerprint density at radius 1 is 0.432 bits per heavy atom. The van der Waals surface area contributed by atoms with Gasteiger partial charge in [0.2, 0.25) is 11.5 Å². The summed E-state index contributed by atoms with van der Waals surface area (Å²) in [5, 5.41) is 0. The van der Waals surface area contributed by atoms with Gasteiger partial charge < -0.3 is 28.4 Å². The molecule has 0 amide bonds. The SMILES string of the molecule is COc1cc(C2(c3cc(OC)c(OC)c(OC)c3)c3ccccc3-c3ccccc32)cc(OC)c1OC. The van der Waals surface area contributed by atoms with Crippen LogP contribution in [0.5, 0.6) is 34.5 Å². The maximum absolute atomic E-state index is 5.79. The van der Waals surface area contributed by atoms with E-state index in [9.17, 15) is 0 Å². The molecule has 5 rings (SSSR count).